The van der Waals surface area contributed by atoms with Crippen LogP contribution in [0, 0.1) is 0 Å². The van der Waals surface area contributed by atoms with E-state index in [4.69, 9.17) is 9.84 Å². The van der Waals surface area contributed by atoms with Crippen LogP contribution in [0.3, 0.4) is 0 Å². The van der Waals surface area contributed by atoms with E-state index < -0.39 is 30.4 Å². The van der Waals surface area contributed by atoms with E-state index in [9.17, 15) is 20.1 Å². The molecule has 0 unspecified atom stereocenters. The van der Waals surface area contributed by atoms with E-state index in [-0.39, 0.29) is 12.5 Å². The molecule has 1 rings (SSSR count). The molecule has 1 aliphatic heterocycles. The number of hydrogen-bond donors (Lipinski definition) is 4. The SMILES string of the molecule is CC/C=C\C/C=C\C[C@@H]1O[C@@H]([C@@H](O)/C=C/[C@@H](O)C/C=C\CCC(=O)O)C[C@@H]1O. The van der Waals surface area contributed by atoms with Gasteiger partial charge in [0.1, 0.15) is 0 Å². The minimum Gasteiger partial charge on any atom is -0.481 e. The van der Waals surface area contributed by atoms with Crippen molar-refractivity contribution in [3.63, 3.8) is 0 Å². The van der Waals surface area contributed by atoms with Gasteiger partial charge >= 0.3 is 5.97 Å². The van der Waals surface area contributed by atoms with E-state index in [0.29, 0.717) is 25.7 Å². The highest BCUT2D eigenvalue weighted by molar-refractivity contribution is 5.66. The zero-order valence-electron chi connectivity index (χ0n) is 16.6. The summed E-state index contributed by atoms with van der Waals surface area (Å²) in [6.45, 7) is 2.08. The molecule has 0 radical (unpaired) electrons. The van der Waals surface area contributed by atoms with E-state index in [0.717, 1.165) is 12.8 Å². The quantitative estimate of drug-likeness (QED) is 0.358. The molecule has 0 aromatic rings. The second-order valence-corrected chi connectivity index (χ2v) is 6.92. The number of hydrogen-bond acceptors (Lipinski definition) is 5. The molecular formula is C22H34O6. The van der Waals surface area contributed by atoms with Crippen molar-refractivity contribution >= 4 is 5.97 Å². The zero-order chi connectivity index (χ0) is 20.8. The second-order valence-electron chi connectivity index (χ2n) is 6.92. The van der Waals surface area contributed by atoms with E-state index in [2.05, 4.69) is 19.1 Å². The maximum Gasteiger partial charge on any atom is 0.303 e. The molecule has 0 saturated carbocycles. The van der Waals surface area contributed by atoms with Gasteiger partial charge in [-0.05, 0) is 32.1 Å². The van der Waals surface area contributed by atoms with Crippen molar-refractivity contribution in [1.29, 1.82) is 0 Å². The monoisotopic (exact) mass is 394 g/mol. The molecule has 6 nitrogen and oxygen atoms in total. The minimum absolute atomic E-state index is 0.0638. The maximum atomic E-state index is 10.4. The summed E-state index contributed by atoms with van der Waals surface area (Å²) < 4.78 is 5.76. The van der Waals surface area contributed by atoms with Gasteiger partial charge < -0.3 is 25.2 Å². The van der Waals surface area contributed by atoms with Crippen LogP contribution in [0.15, 0.2) is 48.6 Å². The molecule has 0 aliphatic carbocycles. The molecule has 1 aliphatic rings. The Kier molecular flexibility index (Phi) is 12.4. The summed E-state index contributed by atoms with van der Waals surface area (Å²) in [4.78, 5) is 10.4. The first kappa shape index (κ1) is 24.3. The molecule has 28 heavy (non-hydrogen) atoms. The third-order valence-electron chi connectivity index (χ3n) is 4.44. The number of allylic oxidation sites excluding steroid dienone is 4. The fourth-order valence-electron chi connectivity index (χ4n) is 2.87. The first-order valence-corrected chi connectivity index (χ1v) is 9.98. The van der Waals surface area contributed by atoms with Crippen LogP contribution in [-0.4, -0.2) is 56.9 Å². The van der Waals surface area contributed by atoms with Crippen LogP contribution in [0.4, 0.5) is 0 Å². The molecule has 6 heteroatoms. The largest absolute Gasteiger partial charge is 0.481 e. The number of aliphatic hydroxyl groups excluding tert-OH is 3. The highest BCUT2D eigenvalue weighted by Gasteiger charge is 2.36. The van der Waals surface area contributed by atoms with Crippen molar-refractivity contribution in [3.05, 3.63) is 48.6 Å². The van der Waals surface area contributed by atoms with Gasteiger partial charge in [-0.25, -0.2) is 0 Å². The first-order chi connectivity index (χ1) is 13.4. The Labute approximate surface area is 167 Å². The Hall–Kier alpha value is -1.73. The van der Waals surface area contributed by atoms with Gasteiger partial charge in [-0.1, -0.05) is 55.5 Å². The van der Waals surface area contributed by atoms with Gasteiger partial charge in [-0.2, -0.15) is 0 Å². The molecule has 1 heterocycles. The number of aliphatic hydroxyl groups is 3. The maximum absolute atomic E-state index is 10.4. The van der Waals surface area contributed by atoms with Gasteiger partial charge in [0.15, 0.2) is 0 Å². The summed E-state index contributed by atoms with van der Waals surface area (Å²) >= 11 is 0. The number of aliphatic carboxylic acids is 1. The standard InChI is InChI=1S/C22H34O6/c1-2-3-4-5-6-9-12-20-19(25)16-21(28-20)18(24)15-14-17(23)11-8-7-10-13-22(26)27/h3-4,6-9,14-15,17-21,23-25H,2,5,10-13,16H2,1H3,(H,26,27)/b4-3-,8-7-,9-6-,15-14+/t17-,18-,19-,20-,21+/m0/s1. The van der Waals surface area contributed by atoms with Crippen molar-refractivity contribution in [3.8, 4) is 0 Å². The molecule has 158 valence electrons. The lowest BCUT2D eigenvalue weighted by Crippen LogP contribution is -2.24. The van der Waals surface area contributed by atoms with Gasteiger partial charge in [0.2, 0.25) is 0 Å². The lowest BCUT2D eigenvalue weighted by Gasteiger charge is -2.16. The lowest BCUT2D eigenvalue weighted by molar-refractivity contribution is -0.136. The Morgan fingerprint density at radius 2 is 1.86 bits per heavy atom. The summed E-state index contributed by atoms with van der Waals surface area (Å²) in [5.74, 6) is -0.853. The van der Waals surface area contributed by atoms with Crippen molar-refractivity contribution < 1.29 is 30.0 Å². The van der Waals surface area contributed by atoms with Gasteiger partial charge in [-0.15, -0.1) is 0 Å². The average Bonchev–Trinajstić information content (AvgIpc) is 3.03. The van der Waals surface area contributed by atoms with Crippen LogP contribution in [0.1, 0.15) is 51.9 Å². The van der Waals surface area contributed by atoms with Gasteiger partial charge in [0.05, 0.1) is 30.5 Å². The fourth-order valence-corrected chi connectivity index (χ4v) is 2.87. The predicted octanol–water partition coefficient (Wildman–Crippen LogP) is 2.90. The smallest absolute Gasteiger partial charge is 0.303 e. The highest BCUT2D eigenvalue weighted by Crippen LogP contribution is 2.26. The molecule has 0 spiro atoms. The summed E-state index contributed by atoms with van der Waals surface area (Å²) in [6, 6.07) is 0. The minimum atomic E-state index is -0.901. The first-order valence-electron chi connectivity index (χ1n) is 9.98. The van der Waals surface area contributed by atoms with E-state index in [1.807, 2.05) is 12.2 Å². The number of carboxylic acid groups (broad SMARTS) is 1. The summed E-state index contributed by atoms with van der Waals surface area (Å²) in [6.07, 6.45) is 15.2. The number of ether oxygens (including phenoxy) is 1. The van der Waals surface area contributed by atoms with Crippen molar-refractivity contribution in [2.75, 3.05) is 0 Å². The molecule has 1 fully saturated rings. The van der Waals surface area contributed by atoms with Crippen LogP contribution in [0.5, 0.6) is 0 Å². The number of carboxylic acids is 1. The summed E-state index contributed by atoms with van der Waals surface area (Å²) in [7, 11) is 0. The molecule has 0 aromatic carbocycles. The molecule has 0 bridgehead atoms. The van der Waals surface area contributed by atoms with Crippen LogP contribution in [-0.2, 0) is 9.53 Å². The van der Waals surface area contributed by atoms with E-state index >= 15 is 0 Å². The topological polar surface area (TPSA) is 107 Å². The normalized spacial score (nSPS) is 25.5. The van der Waals surface area contributed by atoms with Crippen LogP contribution in [0.25, 0.3) is 0 Å². The van der Waals surface area contributed by atoms with Gasteiger partial charge in [0.25, 0.3) is 0 Å². The Bertz CT molecular complexity index is 551. The van der Waals surface area contributed by atoms with Gasteiger partial charge in [0, 0.05) is 12.8 Å². The summed E-state index contributed by atoms with van der Waals surface area (Å²) in [5.41, 5.74) is 0. The average molecular weight is 395 g/mol. The predicted molar refractivity (Wildman–Crippen MR) is 109 cm³/mol. The third-order valence-corrected chi connectivity index (χ3v) is 4.44. The molecule has 1 saturated heterocycles. The van der Waals surface area contributed by atoms with Gasteiger partial charge in [-0.3, -0.25) is 4.79 Å². The van der Waals surface area contributed by atoms with Crippen LogP contribution >= 0.6 is 0 Å². The van der Waals surface area contributed by atoms with Crippen molar-refractivity contribution in [2.24, 2.45) is 0 Å². The lowest BCUT2D eigenvalue weighted by atomic mass is 10.0. The van der Waals surface area contributed by atoms with E-state index in [1.54, 1.807) is 12.2 Å². The number of rotatable bonds is 13. The molecule has 0 amide bonds. The molecule has 0 aromatic heterocycles. The molecule has 4 N–H and O–H groups in total. The summed E-state index contributed by atoms with van der Waals surface area (Å²) in [5, 5.41) is 38.8. The van der Waals surface area contributed by atoms with Crippen LogP contribution in [0.2, 0.25) is 0 Å². The van der Waals surface area contributed by atoms with E-state index in [1.165, 1.54) is 12.2 Å². The van der Waals surface area contributed by atoms with Crippen molar-refractivity contribution in [2.45, 2.75) is 82.4 Å². The fraction of sp³-hybridized carbons (Fsp3) is 0.591. The molecular weight excluding hydrogens is 360 g/mol. The number of carbonyl (C=O) groups is 1. The van der Waals surface area contributed by atoms with Crippen LogP contribution < -0.4 is 0 Å². The Morgan fingerprint density at radius 3 is 2.57 bits per heavy atom. The van der Waals surface area contributed by atoms with Crippen molar-refractivity contribution in [1.82, 2.24) is 0 Å². The second kappa shape index (κ2) is 14.3. The Morgan fingerprint density at radius 1 is 1.11 bits per heavy atom. The Balaban J connectivity index is 2.33. The third kappa shape index (κ3) is 10.6. The zero-order valence-corrected chi connectivity index (χ0v) is 16.6. The highest BCUT2D eigenvalue weighted by atomic mass is 16.5. The molecule has 5 atom stereocenters.